The van der Waals surface area contributed by atoms with Crippen molar-refractivity contribution in [2.24, 2.45) is 0 Å². The summed E-state index contributed by atoms with van der Waals surface area (Å²) in [5.74, 6) is -1.02. The molecule has 2 rings (SSSR count). The number of nitrogens with zero attached hydrogens (tertiary/aromatic N) is 1. The molecule has 0 aromatic heterocycles. The maximum Gasteiger partial charge on any atom is 0.146 e. The van der Waals surface area contributed by atoms with Gasteiger partial charge in [-0.2, -0.15) is 5.26 Å². The van der Waals surface area contributed by atoms with E-state index < -0.39 is 17.7 Å². The molecular weight excluding hydrogens is 270 g/mol. The van der Waals surface area contributed by atoms with E-state index in [4.69, 9.17) is 16.9 Å². The third-order valence-corrected chi connectivity index (χ3v) is 2.74. The van der Waals surface area contributed by atoms with E-state index in [2.05, 4.69) is 5.32 Å². The monoisotopic (exact) mass is 278 g/mol. The van der Waals surface area contributed by atoms with Crippen LogP contribution in [0.4, 0.5) is 14.5 Å². The van der Waals surface area contributed by atoms with E-state index in [1.807, 2.05) is 6.07 Å². The van der Waals surface area contributed by atoms with Gasteiger partial charge in [-0.1, -0.05) is 23.7 Å². The first-order valence-electron chi connectivity index (χ1n) is 5.47. The minimum Gasteiger partial charge on any atom is -0.364 e. The standard InChI is InChI=1S/C14H9ClF2N2/c15-10-5-9(6-11(16)7-10)14(8-18)19-13-4-2-1-3-12(13)17/h1-7,14,19H. The van der Waals surface area contributed by atoms with Gasteiger partial charge in [0.25, 0.3) is 0 Å². The third-order valence-electron chi connectivity index (χ3n) is 2.52. The molecule has 0 bridgehead atoms. The average molecular weight is 279 g/mol. The topological polar surface area (TPSA) is 35.8 Å². The van der Waals surface area contributed by atoms with Crippen molar-refractivity contribution >= 4 is 17.3 Å². The van der Waals surface area contributed by atoms with Crippen molar-refractivity contribution in [2.75, 3.05) is 5.32 Å². The van der Waals surface area contributed by atoms with Crippen LogP contribution in [-0.4, -0.2) is 0 Å². The quantitative estimate of drug-likeness (QED) is 0.909. The summed E-state index contributed by atoms with van der Waals surface area (Å²) in [7, 11) is 0. The molecule has 0 aliphatic heterocycles. The molecule has 19 heavy (non-hydrogen) atoms. The summed E-state index contributed by atoms with van der Waals surface area (Å²) in [4.78, 5) is 0. The van der Waals surface area contributed by atoms with E-state index >= 15 is 0 Å². The van der Waals surface area contributed by atoms with Gasteiger partial charge in [0, 0.05) is 5.02 Å². The summed E-state index contributed by atoms with van der Waals surface area (Å²) >= 11 is 5.73. The molecule has 0 radical (unpaired) electrons. The van der Waals surface area contributed by atoms with Crippen LogP contribution in [0.5, 0.6) is 0 Å². The molecule has 0 spiro atoms. The maximum atomic E-state index is 13.5. The lowest BCUT2D eigenvalue weighted by Gasteiger charge is -2.14. The van der Waals surface area contributed by atoms with Gasteiger partial charge in [0.1, 0.15) is 17.7 Å². The number of halogens is 3. The highest BCUT2D eigenvalue weighted by molar-refractivity contribution is 6.30. The zero-order valence-corrected chi connectivity index (χ0v) is 10.5. The van der Waals surface area contributed by atoms with E-state index in [0.717, 1.165) is 6.07 Å². The summed E-state index contributed by atoms with van der Waals surface area (Å²) in [5.41, 5.74) is 0.519. The molecule has 0 amide bonds. The summed E-state index contributed by atoms with van der Waals surface area (Å²) < 4.78 is 26.7. The van der Waals surface area contributed by atoms with Crippen molar-refractivity contribution in [3.8, 4) is 6.07 Å². The molecule has 0 saturated carbocycles. The molecule has 2 aromatic carbocycles. The van der Waals surface area contributed by atoms with E-state index in [1.54, 1.807) is 12.1 Å². The molecule has 0 saturated heterocycles. The largest absolute Gasteiger partial charge is 0.364 e. The number of hydrogen-bond acceptors (Lipinski definition) is 2. The van der Waals surface area contributed by atoms with Crippen LogP contribution in [0, 0.1) is 23.0 Å². The lowest BCUT2D eigenvalue weighted by atomic mass is 10.1. The number of hydrogen-bond donors (Lipinski definition) is 1. The lowest BCUT2D eigenvalue weighted by molar-refractivity contribution is 0.623. The van der Waals surface area contributed by atoms with Crippen LogP contribution in [0.25, 0.3) is 0 Å². The molecule has 0 heterocycles. The maximum absolute atomic E-state index is 13.5. The Balaban J connectivity index is 2.31. The fourth-order valence-corrected chi connectivity index (χ4v) is 1.90. The molecule has 5 heteroatoms. The highest BCUT2D eigenvalue weighted by Crippen LogP contribution is 2.24. The highest BCUT2D eigenvalue weighted by atomic mass is 35.5. The molecule has 0 aliphatic carbocycles. The lowest BCUT2D eigenvalue weighted by Crippen LogP contribution is -2.10. The van der Waals surface area contributed by atoms with Gasteiger partial charge in [-0.3, -0.25) is 0 Å². The van der Waals surface area contributed by atoms with Crippen LogP contribution in [0.3, 0.4) is 0 Å². The van der Waals surface area contributed by atoms with Crippen molar-refractivity contribution in [1.29, 1.82) is 5.26 Å². The fourth-order valence-electron chi connectivity index (χ4n) is 1.67. The molecule has 0 aliphatic rings. The Morgan fingerprint density at radius 1 is 1.16 bits per heavy atom. The average Bonchev–Trinajstić information content (AvgIpc) is 2.36. The molecule has 1 atom stereocenters. The zero-order valence-electron chi connectivity index (χ0n) is 9.70. The molecule has 2 aromatic rings. The van der Waals surface area contributed by atoms with Gasteiger partial charge in [0.05, 0.1) is 11.8 Å². The second kappa shape index (κ2) is 5.68. The number of para-hydroxylation sites is 1. The van der Waals surface area contributed by atoms with Crippen LogP contribution in [0.1, 0.15) is 11.6 Å². The second-order valence-corrected chi connectivity index (χ2v) is 4.33. The van der Waals surface area contributed by atoms with E-state index in [1.165, 1.54) is 24.3 Å². The summed E-state index contributed by atoms with van der Waals surface area (Å²) in [5, 5.41) is 12.0. The van der Waals surface area contributed by atoms with Crippen LogP contribution >= 0.6 is 11.6 Å². The summed E-state index contributed by atoms with van der Waals surface area (Å²) in [6.45, 7) is 0. The van der Waals surface area contributed by atoms with Gasteiger partial charge in [-0.15, -0.1) is 0 Å². The van der Waals surface area contributed by atoms with Crippen molar-refractivity contribution < 1.29 is 8.78 Å². The number of rotatable bonds is 3. The normalized spacial score (nSPS) is 11.7. The SMILES string of the molecule is N#CC(Nc1ccccc1F)c1cc(F)cc(Cl)c1. The van der Waals surface area contributed by atoms with Gasteiger partial charge in [-0.05, 0) is 35.9 Å². The Kier molecular flexibility index (Phi) is 3.98. The Bertz CT molecular complexity index is 617. The van der Waals surface area contributed by atoms with Gasteiger partial charge in [0.2, 0.25) is 0 Å². The number of anilines is 1. The van der Waals surface area contributed by atoms with Crippen LogP contribution in [0.2, 0.25) is 5.02 Å². The van der Waals surface area contributed by atoms with E-state index in [9.17, 15) is 8.78 Å². The van der Waals surface area contributed by atoms with Crippen molar-refractivity contribution in [3.05, 3.63) is 64.7 Å². The molecule has 0 fully saturated rings. The first-order chi connectivity index (χ1) is 9.10. The summed E-state index contributed by atoms with van der Waals surface area (Å²) in [6.07, 6.45) is 0. The Morgan fingerprint density at radius 2 is 1.89 bits per heavy atom. The van der Waals surface area contributed by atoms with Crippen LogP contribution in [-0.2, 0) is 0 Å². The molecule has 1 N–H and O–H groups in total. The number of benzene rings is 2. The molecule has 96 valence electrons. The van der Waals surface area contributed by atoms with E-state index in [-0.39, 0.29) is 10.7 Å². The first kappa shape index (κ1) is 13.3. The molecule has 2 nitrogen and oxygen atoms in total. The fraction of sp³-hybridized carbons (Fsp3) is 0.0714. The van der Waals surface area contributed by atoms with Gasteiger partial charge in [0.15, 0.2) is 0 Å². The van der Waals surface area contributed by atoms with Gasteiger partial charge >= 0.3 is 0 Å². The van der Waals surface area contributed by atoms with Crippen molar-refractivity contribution in [3.63, 3.8) is 0 Å². The Labute approximate surface area is 114 Å². The predicted octanol–water partition coefficient (Wildman–Crippen LogP) is 4.29. The third kappa shape index (κ3) is 3.21. The Hall–Kier alpha value is -2.12. The molecular formula is C14H9ClF2N2. The second-order valence-electron chi connectivity index (χ2n) is 3.89. The highest BCUT2D eigenvalue weighted by Gasteiger charge is 2.14. The minimum absolute atomic E-state index is 0.175. The van der Waals surface area contributed by atoms with E-state index in [0.29, 0.717) is 5.56 Å². The van der Waals surface area contributed by atoms with Crippen LogP contribution in [0.15, 0.2) is 42.5 Å². The minimum atomic E-state index is -0.884. The predicted molar refractivity (Wildman–Crippen MR) is 69.8 cm³/mol. The number of nitrogens with one attached hydrogen (secondary N) is 1. The summed E-state index contributed by atoms with van der Waals surface area (Å²) in [6, 6.07) is 10.8. The molecule has 1 unspecified atom stereocenters. The van der Waals surface area contributed by atoms with Gasteiger partial charge < -0.3 is 5.32 Å². The number of nitriles is 1. The zero-order chi connectivity index (χ0) is 13.8. The van der Waals surface area contributed by atoms with Gasteiger partial charge in [-0.25, -0.2) is 8.78 Å². The van der Waals surface area contributed by atoms with Crippen molar-refractivity contribution in [1.82, 2.24) is 0 Å². The Morgan fingerprint density at radius 3 is 2.53 bits per heavy atom. The smallest absolute Gasteiger partial charge is 0.146 e. The first-order valence-corrected chi connectivity index (χ1v) is 5.84. The van der Waals surface area contributed by atoms with Crippen molar-refractivity contribution in [2.45, 2.75) is 6.04 Å². The van der Waals surface area contributed by atoms with Crippen LogP contribution < -0.4 is 5.32 Å².